The number of nitrogen functional groups attached to an aromatic ring is 1. The van der Waals surface area contributed by atoms with Gasteiger partial charge in [0, 0.05) is 17.1 Å². The van der Waals surface area contributed by atoms with Gasteiger partial charge in [-0.25, -0.2) is 13.1 Å². The van der Waals surface area contributed by atoms with Crippen molar-refractivity contribution in [2.24, 2.45) is 0 Å². The Balaban J connectivity index is 2.65. The van der Waals surface area contributed by atoms with Crippen LogP contribution in [-0.2, 0) is 10.0 Å². The number of hydrogen-bond donors (Lipinski definition) is 2. The van der Waals surface area contributed by atoms with Gasteiger partial charge in [-0.3, -0.25) is 0 Å². The number of rotatable bonds is 3. The number of benzene rings is 2. The van der Waals surface area contributed by atoms with Crippen LogP contribution in [0, 0.1) is 0 Å². The van der Waals surface area contributed by atoms with Gasteiger partial charge < -0.3 is 5.73 Å². The van der Waals surface area contributed by atoms with Crippen LogP contribution in [0.4, 0.5) is 5.69 Å². The molecule has 0 aliphatic heterocycles. The van der Waals surface area contributed by atoms with Gasteiger partial charge in [0.25, 0.3) is 0 Å². The summed E-state index contributed by atoms with van der Waals surface area (Å²) in [5, 5.41) is 1.50. The number of hydrogen-bond acceptors (Lipinski definition) is 3. The monoisotopic (exact) mass is 264 g/mol. The zero-order valence-electron chi connectivity index (χ0n) is 10.3. The van der Waals surface area contributed by atoms with E-state index in [0.717, 1.165) is 5.39 Å². The third-order valence-electron chi connectivity index (χ3n) is 2.54. The smallest absolute Gasteiger partial charge is 0.241 e. The fourth-order valence-electron chi connectivity index (χ4n) is 1.88. The van der Waals surface area contributed by atoms with Crippen molar-refractivity contribution >= 4 is 26.5 Å². The first-order chi connectivity index (χ1) is 8.40. The van der Waals surface area contributed by atoms with E-state index >= 15 is 0 Å². The van der Waals surface area contributed by atoms with Crippen molar-refractivity contribution in [3.05, 3.63) is 36.4 Å². The van der Waals surface area contributed by atoms with Crippen LogP contribution in [0.2, 0.25) is 0 Å². The summed E-state index contributed by atoms with van der Waals surface area (Å²) in [6, 6.07) is 10.2. The number of sulfonamides is 1. The SMILES string of the molecule is CC(C)NS(=O)(=O)c1cccc2cc(N)ccc12. The Hall–Kier alpha value is -1.59. The molecule has 4 nitrogen and oxygen atoms in total. The van der Waals surface area contributed by atoms with Crippen molar-refractivity contribution in [1.29, 1.82) is 0 Å². The molecular formula is C13H16N2O2S. The summed E-state index contributed by atoms with van der Waals surface area (Å²) in [5.74, 6) is 0. The van der Waals surface area contributed by atoms with Gasteiger partial charge in [0.15, 0.2) is 0 Å². The van der Waals surface area contributed by atoms with Crippen LogP contribution in [-0.4, -0.2) is 14.5 Å². The van der Waals surface area contributed by atoms with Crippen LogP contribution in [0.1, 0.15) is 13.8 Å². The maximum atomic E-state index is 12.2. The van der Waals surface area contributed by atoms with Crippen molar-refractivity contribution in [2.45, 2.75) is 24.8 Å². The minimum Gasteiger partial charge on any atom is -0.399 e. The van der Waals surface area contributed by atoms with E-state index in [4.69, 9.17) is 5.73 Å². The zero-order valence-corrected chi connectivity index (χ0v) is 11.2. The van der Waals surface area contributed by atoms with Gasteiger partial charge in [0.2, 0.25) is 10.0 Å². The van der Waals surface area contributed by atoms with Crippen LogP contribution >= 0.6 is 0 Å². The lowest BCUT2D eigenvalue weighted by atomic mass is 10.1. The molecule has 2 rings (SSSR count). The number of nitrogens with one attached hydrogen (secondary N) is 1. The van der Waals surface area contributed by atoms with Gasteiger partial charge in [-0.1, -0.05) is 18.2 Å². The number of fused-ring (bicyclic) bond motifs is 1. The van der Waals surface area contributed by atoms with E-state index in [1.54, 1.807) is 44.2 Å². The first-order valence-corrected chi connectivity index (χ1v) is 7.19. The number of nitrogens with two attached hydrogens (primary N) is 1. The van der Waals surface area contributed by atoms with E-state index < -0.39 is 10.0 Å². The summed E-state index contributed by atoms with van der Waals surface area (Å²) in [7, 11) is -3.49. The molecule has 0 aliphatic rings. The highest BCUT2D eigenvalue weighted by Gasteiger charge is 2.17. The maximum absolute atomic E-state index is 12.2. The third-order valence-corrected chi connectivity index (χ3v) is 4.26. The summed E-state index contributed by atoms with van der Waals surface area (Å²) in [6.07, 6.45) is 0. The highest BCUT2D eigenvalue weighted by Crippen LogP contribution is 2.24. The molecule has 0 radical (unpaired) electrons. The molecule has 0 unspecified atom stereocenters. The Morgan fingerprint density at radius 1 is 1.17 bits per heavy atom. The van der Waals surface area contributed by atoms with E-state index in [9.17, 15) is 8.42 Å². The van der Waals surface area contributed by atoms with Crippen molar-refractivity contribution in [3.63, 3.8) is 0 Å². The van der Waals surface area contributed by atoms with Crippen LogP contribution in [0.25, 0.3) is 10.8 Å². The van der Waals surface area contributed by atoms with Gasteiger partial charge in [0.05, 0.1) is 4.90 Å². The van der Waals surface area contributed by atoms with Gasteiger partial charge >= 0.3 is 0 Å². The standard InChI is InChI=1S/C13H16N2O2S/c1-9(2)15-18(16,17)13-5-3-4-10-8-11(14)6-7-12(10)13/h3-9,15H,14H2,1-2H3. The summed E-state index contributed by atoms with van der Waals surface area (Å²) in [5.41, 5.74) is 6.32. The van der Waals surface area contributed by atoms with E-state index in [2.05, 4.69) is 4.72 Å². The molecule has 0 atom stereocenters. The second-order valence-electron chi connectivity index (χ2n) is 4.51. The predicted octanol–water partition coefficient (Wildman–Crippen LogP) is 2.11. The first kappa shape index (κ1) is 12.9. The van der Waals surface area contributed by atoms with Crippen molar-refractivity contribution < 1.29 is 8.42 Å². The minimum absolute atomic E-state index is 0.140. The van der Waals surface area contributed by atoms with E-state index in [1.807, 2.05) is 6.07 Å². The molecule has 0 saturated heterocycles. The molecule has 0 aliphatic carbocycles. The molecule has 0 spiro atoms. The fraction of sp³-hybridized carbons (Fsp3) is 0.231. The fourth-order valence-corrected chi connectivity index (χ4v) is 3.36. The van der Waals surface area contributed by atoms with E-state index in [0.29, 0.717) is 11.1 Å². The molecule has 96 valence electrons. The molecule has 0 aromatic heterocycles. The average Bonchev–Trinajstić information content (AvgIpc) is 2.26. The molecule has 2 aromatic rings. The van der Waals surface area contributed by atoms with Crippen LogP contribution in [0.5, 0.6) is 0 Å². The van der Waals surface area contributed by atoms with Gasteiger partial charge in [-0.05, 0) is 37.4 Å². The molecule has 5 heteroatoms. The van der Waals surface area contributed by atoms with Crippen molar-refractivity contribution in [3.8, 4) is 0 Å². The summed E-state index contributed by atoms with van der Waals surface area (Å²) in [6.45, 7) is 3.58. The first-order valence-electron chi connectivity index (χ1n) is 5.71. The maximum Gasteiger partial charge on any atom is 0.241 e. The summed E-state index contributed by atoms with van der Waals surface area (Å²) < 4.78 is 27.0. The molecular weight excluding hydrogens is 248 g/mol. The van der Waals surface area contributed by atoms with Crippen LogP contribution in [0.15, 0.2) is 41.3 Å². The topological polar surface area (TPSA) is 72.2 Å². The van der Waals surface area contributed by atoms with Gasteiger partial charge in [-0.2, -0.15) is 0 Å². The molecule has 0 bridgehead atoms. The van der Waals surface area contributed by atoms with Gasteiger partial charge in [0.1, 0.15) is 0 Å². The lowest BCUT2D eigenvalue weighted by Gasteiger charge is -2.12. The van der Waals surface area contributed by atoms with Crippen molar-refractivity contribution in [2.75, 3.05) is 5.73 Å². The number of anilines is 1. The lowest BCUT2D eigenvalue weighted by molar-refractivity contribution is 0.571. The highest BCUT2D eigenvalue weighted by molar-refractivity contribution is 7.89. The highest BCUT2D eigenvalue weighted by atomic mass is 32.2. The average molecular weight is 264 g/mol. The normalized spacial score (nSPS) is 12.2. The predicted molar refractivity (Wildman–Crippen MR) is 73.8 cm³/mol. The minimum atomic E-state index is -3.49. The molecule has 0 fully saturated rings. The quantitative estimate of drug-likeness (QED) is 0.834. The molecule has 0 amide bonds. The molecule has 0 heterocycles. The van der Waals surface area contributed by atoms with Crippen molar-refractivity contribution in [1.82, 2.24) is 4.72 Å². The third kappa shape index (κ3) is 2.47. The molecule has 0 saturated carbocycles. The van der Waals surface area contributed by atoms with E-state index in [-0.39, 0.29) is 10.9 Å². The summed E-state index contributed by atoms with van der Waals surface area (Å²) >= 11 is 0. The summed E-state index contributed by atoms with van der Waals surface area (Å²) in [4.78, 5) is 0.286. The molecule has 18 heavy (non-hydrogen) atoms. The van der Waals surface area contributed by atoms with Gasteiger partial charge in [-0.15, -0.1) is 0 Å². The zero-order chi connectivity index (χ0) is 13.3. The largest absolute Gasteiger partial charge is 0.399 e. The Labute approximate surface area is 107 Å². The second-order valence-corrected chi connectivity index (χ2v) is 6.20. The Bertz CT molecular complexity index is 678. The van der Waals surface area contributed by atoms with Crippen LogP contribution < -0.4 is 10.5 Å². The second kappa shape index (κ2) is 4.59. The molecule has 2 aromatic carbocycles. The van der Waals surface area contributed by atoms with Crippen LogP contribution in [0.3, 0.4) is 0 Å². The Kier molecular flexibility index (Phi) is 3.28. The Morgan fingerprint density at radius 3 is 2.56 bits per heavy atom. The molecule has 3 N–H and O–H groups in total. The van der Waals surface area contributed by atoms with E-state index in [1.165, 1.54) is 0 Å². The lowest BCUT2D eigenvalue weighted by Crippen LogP contribution is -2.30. The Morgan fingerprint density at radius 2 is 1.89 bits per heavy atom.